The van der Waals surface area contributed by atoms with Crippen molar-refractivity contribution in [3.63, 3.8) is 0 Å². The highest BCUT2D eigenvalue weighted by Gasteiger charge is 2.71. The van der Waals surface area contributed by atoms with Crippen LogP contribution in [0.5, 0.6) is 0 Å². The van der Waals surface area contributed by atoms with Crippen LogP contribution in [0.4, 0.5) is 11.4 Å². The summed E-state index contributed by atoms with van der Waals surface area (Å²) in [6.45, 7) is 6.22. The predicted molar refractivity (Wildman–Crippen MR) is 132 cm³/mol. The van der Waals surface area contributed by atoms with Crippen LogP contribution in [0, 0.1) is 29.9 Å². The number of rotatable bonds is 5. The molecule has 0 aromatic heterocycles. The number of non-ortho nitro benzene ring substituents is 1. The molecule has 2 saturated carbocycles. The normalized spacial score (nSPS) is 26.2. The number of anilines is 1. The fourth-order valence-corrected chi connectivity index (χ4v) is 5.53. The monoisotopic (exact) mass is 561 g/mol. The van der Waals surface area contributed by atoms with Gasteiger partial charge in [0.1, 0.15) is 0 Å². The maximum atomic E-state index is 13.5. The summed E-state index contributed by atoms with van der Waals surface area (Å²) in [4.78, 5) is 41.5. The Balaban J connectivity index is 1.55. The number of benzene rings is 2. The molecular formula is C24H24IN3O5. The van der Waals surface area contributed by atoms with Crippen molar-refractivity contribution in [2.45, 2.75) is 40.0 Å². The minimum Gasteiger partial charge on any atom is -0.326 e. The molecule has 0 radical (unpaired) electrons. The summed E-state index contributed by atoms with van der Waals surface area (Å²) in [6.07, 6.45) is 1.89. The molecule has 4 rings (SSSR count). The summed E-state index contributed by atoms with van der Waals surface area (Å²) >= 11 is 2.22. The second-order valence-corrected chi connectivity index (χ2v) is 10.6. The van der Waals surface area contributed by atoms with Gasteiger partial charge < -0.3 is 10.2 Å². The molecule has 2 unspecified atom stereocenters. The van der Waals surface area contributed by atoms with Gasteiger partial charge in [-0.2, -0.15) is 0 Å². The number of carbonyl (C=O) groups is 2. The Morgan fingerprint density at radius 1 is 1.06 bits per heavy atom. The van der Waals surface area contributed by atoms with E-state index in [-0.39, 0.29) is 17.2 Å². The number of nitrogens with zero attached hydrogens (tertiary/aromatic N) is 2. The first kappa shape index (κ1) is 23.3. The van der Waals surface area contributed by atoms with Gasteiger partial charge in [-0.05, 0) is 77.2 Å². The third-order valence-electron chi connectivity index (χ3n) is 7.82. The van der Waals surface area contributed by atoms with Gasteiger partial charge in [-0.25, -0.2) is 4.79 Å². The number of nitrogens with one attached hydrogen (secondary N) is 1. The van der Waals surface area contributed by atoms with Gasteiger partial charge in [-0.3, -0.25) is 14.9 Å². The molecule has 2 aromatic carbocycles. The summed E-state index contributed by atoms with van der Waals surface area (Å²) in [7, 11) is 0. The van der Waals surface area contributed by atoms with Gasteiger partial charge in [0.2, 0.25) is 5.91 Å². The zero-order chi connectivity index (χ0) is 24.0. The van der Waals surface area contributed by atoms with E-state index in [4.69, 9.17) is 4.84 Å². The van der Waals surface area contributed by atoms with E-state index in [2.05, 4.69) is 53.8 Å². The van der Waals surface area contributed by atoms with Gasteiger partial charge in [0.05, 0.1) is 21.6 Å². The van der Waals surface area contributed by atoms with Crippen LogP contribution in [0.2, 0.25) is 0 Å². The molecule has 2 fully saturated rings. The van der Waals surface area contributed by atoms with Crippen molar-refractivity contribution >= 4 is 51.6 Å². The average Bonchev–Trinajstić information content (AvgIpc) is 3.09. The largest absolute Gasteiger partial charge is 0.365 e. The summed E-state index contributed by atoms with van der Waals surface area (Å²) < 4.78 is 1.09. The van der Waals surface area contributed by atoms with Crippen LogP contribution in [-0.4, -0.2) is 22.5 Å². The molecule has 2 atom stereocenters. The highest BCUT2D eigenvalue weighted by Crippen LogP contribution is 2.71. The van der Waals surface area contributed by atoms with Crippen LogP contribution >= 0.6 is 22.6 Å². The van der Waals surface area contributed by atoms with Crippen molar-refractivity contribution in [2.24, 2.45) is 21.4 Å². The van der Waals surface area contributed by atoms with Crippen LogP contribution in [0.25, 0.3) is 0 Å². The highest BCUT2D eigenvalue weighted by atomic mass is 127. The Labute approximate surface area is 205 Å². The third kappa shape index (κ3) is 3.71. The number of oxime groups is 1. The summed E-state index contributed by atoms with van der Waals surface area (Å²) in [5.41, 5.74) is 0.0347. The predicted octanol–water partition coefficient (Wildman–Crippen LogP) is 5.57. The van der Waals surface area contributed by atoms with E-state index in [1.54, 1.807) is 0 Å². The molecule has 2 aliphatic rings. The van der Waals surface area contributed by atoms with E-state index in [1.165, 1.54) is 24.3 Å². The molecule has 9 heteroatoms. The number of carbonyl (C=O) groups excluding carboxylic acids is 2. The number of nitro benzene ring substituents is 1. The number of amides is 1. The third-order valence-corrected chi connectivity index (χ3v) is 8.54. The molecule has 1 N–H and O–H groups in total. The zero-order valence-corrected chi connectivity index (χ0v) is 20.7. The molecule has 0 heterocycles. The highest BCUT2D eigenvalue weighted by molar-refractivity contribution is 14.1. The van der Waals surface area contributed by atoms with E-state index >= 15 is 0 Å². The zero-order valence-electron chi connectivity index (χ0n) is 18.6. The van der Waals surface area contributed by atoms with Gasteiger partial charge in [0.25, 0.3) is 5.69 Å². The Bertz CT molecular complexity index is 1160. The molecule has 2 aromatic rings. The lowest BCUT2D eigenvalue weighted by Gasteiger charge is -2.39. The SMILES string of the molecule is CC12CCC(C(=O)Nc3ccc(I)cc3)(CC1=NOC(=O)c1ccc([N+](=O)[O-])cc1)C2(C)C. The van der Waals surface area contributed by atoms with Gasteiger partial charge in [-0.1, -0.05) is 25.9 Å². The van der Waals surface area contributed by atoms with Crippen LogP contribution in [0.3, 0.4) is 0 Å². The molecule has 0 saturated heterocycles. The van der Waals surface area contributed by atoms with Crippen molar-refractivity contribution in [3.05, 3.63) is 67.8 Å². The van der Waals surface area contributed by atoms with Gasteiger partial charge >= 0.3 is 5.97 Å². The molecule has 8 nitrogen and oxygen atoms in total. The molecule has 33 heavy (non-hydrogen) atoms. The second-order valence-electron chi connectivity index (χ2n) is 9.40. The van der Waals surface area contributed by atoms with E-state index < -0.39 is 27.1 Å². The maximum Gasteiger partial charge on any atom is 0.365 e. The van der Waals surface area contributed by atoms with E-state index in [9.17, 15) is 19.7 Å². The molecule has 0 spiro atoms. The van der Waals surface area contributed by atoms with Crippen molar-refractivity contribution < 1.29 is 19.3 Å². The summed E-state index contributed by atoms with van der Waals surface area (Å²) in [5.74, 6) is -0.747. The lowest BCUT2D eigenvalue weighted by Crippen LogP contribution is -2.43. The first-order valence-electron chi connectivity index (χ1n) is 10.6. The first-order valence-corrected chi connectivity index (χ1v) is 11.7. The van der Waals surface area contributed by atoms with Crippen molar-refractivity contribution in [1.82, 2.24) is 0 Å². The number of fused-ring (bicyclic) bond motifs is 2. The van der Waals surface area contributed by atoms with Gasteiger partial charge in [0, 0.05) is 33.2 Å². The molecule has 172 valence electrons. The van der Waals surface area contributed by atoms with Crippen LogP contribution in [-0.2, 0) is 9.63 Å². The molecule has 2 bridgehead atoms. The van der Waals surface area contributed by atoms with Gasteiger partial charge in [-0.15, -0.1) is 0 Å². The molecule has 1 amide bonds. The lowest BCUT2D eigenvalue weighted by atomic mass is 9.64. The fourth-order valence-electron chi connectivity index (χ4n) is 5.17. The van der Waals surface area contributed by atoms with Gasteiger partial charge in [0.15, 0.2) is 0 Å². The van der Waals surface area contributed by atoms with Crippen molar-refractivity contribution in [2.75, 3.05) is 5.32 Å². The summed E-state index contributed by atoms with van der Waals surface area (Å²) in [5, 5.41) is 18.1. The summed E-state index contributed by atoms with van der Waals surface area (Å²) in [6, 6.07) is 12.8. The van der Waals surface area contributed by atoms with E-state index in [0.29, 0.717) is 12.1 Å². The molecular weight excluding hydrogens is 537 g/mol. The quantitative estimate of drug-likeness (QED) is 0.222. The minimum absolute atomic E-state index is 0.0515. The van der Waals surface area contributed by atoms with Crippen LogP contribution in [0.15, 0.2) is 53.7 Å². The van der Waals surface area contributed by atoms with E-state index in [1.807, 2.05) is 24.3 Å². The average molecular weight is 561 g/mol. The standard InChI is InChI=1S/C24H24IN3O5/c1-22(2)23(3)12-13-24(22,21(30)26-17-8-6-16(25)7-9-17)14-19(23)27-33-20(29)15-4-10-18(11-5-15)28(31)32/h4-11H,12-14H2,1-3H3,(H,26,30). The molecule has 2 aliphatic carbocycles. The maximum absolute atomic E-state index is 13.5. The number of hydrogen-bond donors (Lipinski definition) is 1. The van der Waals surface area contributed by atoms with Crippen LogP contribution < -0.4 is 5.32 Å². The first-order chi connectivity index (χ1) is 15.5. The Kier molecular flexibility index (Phi) is 5.80. The smallest absolute Gasteiger partial charge is 0.326 e. The number of halogens is 1. The molecule has 0 aliphatic heterocycles. The van der Waals surface area contributed by atoms with E-state index in [0.717, 1.165) is 22.1 Å². The number of hydrogen-bond acceptors (Lipinski definition) is 6. The van der Waals surface area contributed by atoms with Crippen molar-refractivity contribution in [1.29, 1.82) is 0 Å². The fraction of sp³-hybridized carbons (Fsp3) is 0.375. The minimum atomic E-state index is -0.695. The van der Waals surface area contributed by atoms with Crippen LogP contribution in [0.1, 0.15) is 50.4 Å². The Hall–Kier alpha value is -2.82. The Morgan fingerprint density at radius 3 is 2.30 bits per heavy atom. The second kappa shape index (κ2) is 8.19. The van der Waals surface area contributed by atoms with Crippen molar-refractivity contribution in [3.8, 4) is 0 Å². The topological polar surface area (TPSA) is 111 Å². The Morgan fingerprint density at radius 2 is 1.70 bits per heavy atom. The lowest BCUT2D eigenvalue weighted by molar-refractivity contribution is -0.384. The number of nitro groups is 1.